The van der Waals surface area contributed by atoms with E-state index in [0.29, 0.717) is 17.7 Å². The van der Waals surface area contributed by atoms with Gasteiger partial charge in [0, 0.05) is 36.3 Å². The number of benzene rings is 2. The van der Waals surface area contributed by atoms with E-state index in [2.05, 4.69) is 5.32 Å². The van der Waals surface area contributed by atoms with E-state index < -0.39 is 80.1 Å². The lowest BCUT2D eigenvalue weighted by Crippen LogP contribution is -2.60. The van der Waals surface area contributed by atoms with Crippen LogP contribution in [-0.4, -0.2) is 113 Å². The minimum atomic E-state index is -3.60. The number of carbonyl (C=O) groups is 3. The van der Waals surface area contributed by atoms with Crippen LogP contribution in [0.5, 0.6) is 0 Å². The smallest absolute Gasteiger partial charge is 0.264 e. The molecule has 10 atom stereocenters. The van der Waals surface area contributed by atoms with Crippen LogP contribution in [0.1, 0.15) is 30.0 Å². The standard InChI is InChI=1S/C33H42FN3O10Si/c1-16-29(48(3,4)34)23(13-24(39)37-14-18-8-6-5-7-17(18)11-20(37)15-38)47-33(16)21-12-19(9-10-22(21)36(2)32(33)45)35-30(43)28-26(41)25(40)27(42)31(44)46-28/h5-10,12,16,20,23,25-29,31,38,40-42,44H,11,13-15H2,1-4H3,(H,35,43)/t16-,20+,23+,25+,26+,27-,28+,29-,31-,33+/m1/s1. The van der Waals surface area contributed by atoms with E-state index in [9.17, 15) is 39.9 Å². The Morgan fingerprint density at radius 1 is 1.06 bits per heavy atom. The van der Waals surface area contributed by atoms with Crippen LogP contribution in [0.3, 0.4) is 0 Å². The predicted molar refractivity (Wildman–Crippen MR) is 172 cm³/mol. The van der Waals surface area contributed by atoms with Crippen molar-refractivity contribution in [3.05, 3.63) is 59.2 Å². The van der Waals surface area contributed by atoms with Gasteiger partial charge in [-0.25, -0.2) is 0 Å². The number of hydrogen-bond acceptors (Lipinski definition) is 10. The van der Waals surface area contributed by atoms with Gasteiger partial charge in [-0.1, -0.05) is 31.2 Å². The van der Waals surface area contributed by atoms with Crippen molar-refractivity contribution in [3.8, 4) is 0 Å². The van der Waals surface area contributed by atoms with E-state index in [1.807, 2.05) is 24.3 Å². The normalized spacial score (nSPS) is 34.7. The number of aliphatic hydroxyl groups excluding tert-OH is 5. The maximum Gasteiger partial charge on any atom is 0.264 e. The maximum absolute atomic E-state index is 16.3. The molecule has 2 fully saturated rings. The molecule has 13 nitrogen and oxygen atoms in total. The fourth-order valence-electron chi connectivity index (χ4n) is 8.05. The summed E-state index contributed by atoms with van der Waals surface area (Å²) in [5, 5.41) is 52.8. The van der Waals surface area contributed by atoms with Crippen molar-refractivity contribution < 1.29 is 53.5 Å². The molecule has 0 unspecified atom stereocenters. The summed E-state index contributed by atoms with van der Waals surface area (Å²) < 4.78 is 27.9. The number of rotatable bonds is 6. The van der Waals surface area contributed by atoms with Crippen molar-refractivity contribution in [2.45, 2.75) is 93.4 Å². The molecule has 15 heteroatoms. The number of ether oxygens (including phenoxy) is 2. The van der Waals surface area contributed by atoms with Gasteiger partial charge < -0.3 is 54.2 Å². The number of anilines is 2. The van der Waals surface area contributed by atoms with Crippen molar-refractivity contribution in [3.63, 3.8) is 0 Å². The summed E-state index contributed by atoms with van der Waals surface area (Å²) in [4.78, 5) is 44.1. The summed E-state index contributed by atoms with van der Waals surface area (Å²) in [6.07, 6.45) is -9.84. The number of nitrogens with one attached hydrogen (secondary N) is 1. The topological polar surface area (TPSA) is 189 Å². The molecule has 1 spiro atoms. The number of hydrogen-bond donors (Lipinski definition) is 6. The van der Waals surface area contributed by atoms with E-state index >= 15 is 4.11 Å². The number of fused-ring (bicyclic) bond motifs is 3. The number of carbonyl (C=O) groups excluding carboxylic acids is 3. The third kappa shape index (κ3) is 5.55. The molecule has 48 heavy (non-hydrogen) atoms. The third-order valence-electron chi connectivity index (χ3n) is 10.5. The molecular weight excluding hydrogens is 645 g/mol. The van der Waals surface area contributed by atoms with Crippen LogP contribution in [0.4, 0.5) is 15.5 Å². The summed E-state index contributed by atoms with van der Waals surface area (Å²) in [6.45, 7) is 4.83. The highest BCUT2D eigenvalue weighted by Crippen LogP contribution is 2.60. The molecule has 4 heterocycles. The quantitative estimate of drug-likeness (QED) is 0.185. The monoisotopic (exact) mass is 687 g/mol. The van der Waals surface area contributed by atoms with Gasteiger partial charge in [0.1, 0.15) is 18.3 Å². The fraction of sp³-hybridized carbons (Fsp3) is 0.545. The molecule has 0 aromatic heterocycles. The van der Waals surface area contributed by atoms with E-state index in [0.717, 1.165) is 11.1 Å². The van der Waals surface area contributed by atoms with Gasteiger partial charge in [0.15, 0.2) is 18.0 Å². The van der Waals surface area contributed by atoms with Crippen LogP contribution in [0.25, 0.3) is 0 Å². The molecule has 6 rings (SSSR count). The molecule has 260 valence electrons. The Labute approximate surface area is 278 Å². The molecular formula is C33H42FN3O10Si. The number of aliphatic hydroxyl groups is 5. The largest absolute Gasteiger partial charge is 0.394 e. The van der Waals surface area contributed by atoms with Crippen molar-refractivity contribution in [1.82, 2.24) is 4.90 Å². The van der Waals surface area contributed by atoms with Gasteiger partial charge in [-0.15, -0.1) is 0 Å². The Hall–Kier alpha value is -3.28. The highest BCUT2D eigenvalue weighted by atomic mass is 28.4. The molecule has 2 aromatic carbocycles. The molecule has 4 aliphatic rings. The first kappa shape index (κ1) is 34.6. The lowest BCUT2D eigenvalue weighted by molar-refractivity contribution is -0.274. The minimum Gasteiger partial charge on any atom is -0.394 e. The van der Waals surface area contributed by atoms with Gasteiger partial charge in [0.2, 0.25) is 14.3 Å². The lowest BCUT2D eigenvalue weighted by Gasteiger charge is -2.37. The summed E-state index contributed by atoms with van der Waals surface area (Å²) in [6, 6.07) is 11.8. The Morgan fingerprint density at radius 3 is 2.42 bits per heavy atom. The SMILES string of the molecule is C[C@@H]1[C@@H]([Si](C)(C)F)[C@H](CC(=O)N2Cc3ccccc3C[C@H]2CO)O[C@@]12C(=O)N(C)c1ccc(NC(=O)[C@H]3O[C@@H](O)[C@H](O)[C@@H](O)[C@@H]3O)cc12. The first-order valence-corrected chi connectivity index (χ1v) is 19.0. The van der Waals surface area contributed by atoms with Crippen molar-refractivity contribution in [2.75, 3.05) is 23.9 Å². The second-order valence-electron chi connectivity index (χ2n) is 13.8. The van der Waals surface area contributed by atoms with E-state index in [4.69, 9.17) is 9.47 Å². The fourth-order valence-corrected chi connectivity index (χ4v) is 10.5. The second kappa shape index (κ2) is 12.6. The molecule has 0 saturated carbocycles. The van der Waals surface area contributed by atoms with E-state index in [-0.39, 0.29) is 31.2 Å². The van der Waals surface area contributed by atoms with Gasteiger partial charge in [-0.05, 0) is 48.8 Å². The predicted octanol–water partition coefficient (Wildman–Crippen LogP) is 0.512. The summed E-state index contributed by atoms with van der Waals surface area (Å²) in [7, 11) is -2.04. The minimum absolute atomic E-state index is 0.161. The molecule has 2 saturated heterocycles. The average molecular weight is 688 g/mol. The summed E-state index contributed by atoms with van der Waals surface area (Å²) >= 11 is 0. The van der Waals surface area contributed by atoms with Crippen molar-refractivity contribution in [2.24, 2.45) is 5.92 Å². The van der Waals surface area contributed by atoms with Crippen LogP contribution in [0, 0.1) is 5.92 Å². The first-order valence-electron chi connectivity index (χ1n) is 16.0. The van der Waals surface area contributed by atoms with Gasteiger partial charge in [-0.3, -0.25) is 14.4 Å². The van der Waals surface area contributed by atoms with Crippen LogP contribution >= 0.6 is 0 Å². The second-order valence-corrected chi connectivity index (χ2v) is 17.6. The zero-order chi connectivity index (χ0) is 34.9. The number of nitrogens with zero attached hydrogens (tertiary/aromatic N) is 2. The lowest BCUT2D eigenvalue weighted by atomic mass is 9.82. The zero-order valence-electron chi connectivity index (χ0n) is 27.1. The first-order chi connectivity index (χ1) is 22.6. The highest BCUT2D eigenvalue weighted by Gasteiger charge is 2.66. The van der Waals surface area contributed by atoms with Gasteiger partial charge in [0.05, 0.1) is 30.9 Å². The molecule has 3 amide bonds. The molecule has 0 radical (unpaired) electrons. The molecule has 4 aliphatic heterocycles. The summed E-state index contributed by atoms with van der Waals surface area (Å²) in [5.41, 5.74) is 0.547. The van der Waals surface area contributed by atoms with Crippen LogP contribution in [0.2, 0.25) is 18.6 Å². The Balaban J connectivity index is 1.30. The van der Waals surface area contributed by atoms with Crippen molar-refractivity contribution in [1.29, 1.82) is 0 Å². The van der Waals surface area contributed by atoms with Gasteiger partial charge in [0.25, 0.3) is 11.8 Å². The average Bonchev–Trinajstić information content (AvgIpc) is 3.46. The van der Waals surface area contributed by atoms with Gasteiger partial charge >= 0.3 is 0 Å². The Kier molecular flexibility index (Phi) is 9.04. The Bertz CT molecular complexity index is 1610. The number of halogens is 1. The summed E-state index contributed by atoms with van der Waals surface area (Å²) in [5.74, 6) is -2.41. The Morgan fingerprint density at radius 2 is 1.75 bits per heavy atom. The van der Waals surface area contributed by atoms with Crippen molar-refractivity contribution >= 4 is 37.5 Å². The van der Waals surface area contributed by atoms with Crippen LogP contribution in [-0.2, 0) is 42.4 Å². The third-order valence-corrected chi connectivity index (χ3v) is 12.9. The maximum atomic E-state index is 16.3. The molecule has 2 aromatic rings. The van der Waals surface area contributed by atoms with E-state index in [1.165, 1.54) is 30.1 Å². The number of likely N-dealkylation sites (N-methyl/N-ethyl adjacent to an activating group) is 1. The molecule has 0 bridgehead atoms. The molecule has 6 N–H and O–H groups in total. The number of amides is 3. The van der Waals surface area contributed by atoms with Gasteiger partial charge in [-0.2, -0.15) is 0 Å². The zero-order valence-corrected chi connectivity index (χ0v) is 28.1. The van der Waals surface area contributed by atoms with Crippen LogP contribution in [0.15, 0.2) is 42.5 Å². The molecule has 0 aliphatic carbocycles. The van der Waals surface area contributed by atoms with Crippen LogP contribution < -0.4 is 10.2 Å². The van der Waals surface area contributed by atoms with E-state index in [1.54, 1.807) is 24.9 Å². The highest BCUT2D eigenvalue weighted by molar-refractivity contribution is 6.72.